The first-order valence-corrected chi connectivity index (χ1v) is 10.5. The molecule has 0 unspecified atom stereocenters. The van der Waals surface area contributed by atoms with E-state index in [1.54, 1.807) is 31.5 Å². The molecule has 0 saturated heterocycles. The number of aromatic nitrogens is 2. The highest BCUT2D eigenvalue weighted by Gasteiger charge is 2.31. The molecule has 170 valence electrons. The molecule has 2 N–H and O–H groups in total. The highest BCUT2D eigenvalue weighted by atomic mass is 19.4. The van der Waals surface area contributed by atoms with Crippen LogP contribution in [0.1, 0.15) is 53.5 Å². The van der Waals surface area contributed by atoms with Gasteiger partial charge in [0.2, 0.25) is 0 Å². The quantitative estimate of drug-likeness (QED) is 0.517. The first-order chi connectivity index (χ1) is 15.3. The Kier molecular flexibility index (Phi) is 6.25. The summed E-state index contributed by atoms with van der Waals surface area (Å²) in [6.45, 7) is 2.33. The zero-order valence-electron chi connectivity index (χ0n) is 17.5. The topological polar surface area (TPSA) is 80.2 Å². The normalized spacial score (nSPS) is 19.0. The maximum Gasteiger partial charge on any atom is 0.573 e. The number of oxazole rings is 1. The maximum atomic E-state index is 12.9. The Morgan fingerprint density at radius 3 is 2.72 bits per heavy atom. The number of aryl methyl sites for hydroxylation is 1. The number of hydrogen-bond acceptors (Lipinski definition) is 4. The molecule has 2 aromatic heterocycles. The van der Waals surface area contributed by atoms with Crippen LogP contribution in [0.4, 0.5) is 13.2 Å². The van der Waals surface area contributed by atoms with Gasteiger partial charge in [0.1, 0.15) is 12.0 Å². The van der Waals surface area contributed by atoms with E-state index in [0.29, 0.717) is 35.2 Å². The molecule has 0 aliphatic heterocycles. The molecule has 0 spiro atoms. The van der Waals surface area contributed by atoms with E-state index in [1.165, 1.54) is 18.2 Å². The van der Waals surface area contributed by atoms with Crippen molar-refractivity contribution in [3.8, 4) is 17.0 Å². The van der Waals surface area contributed by atoms with Gasteiger partial charge < -0.3 is 19.5 Å². The van der Waals surface area contributed by atoms with Crippen molar-refractivity contribution >= 4 is 5.91 Å². The van der Waals surface area contributed by atoms with Crippen molar-refractivity contribution in [1.82, 2.24) is 15.3 Å². The molecule has 1 aromatic carbocycles. The molecule has 32 heavy (non-hydrogen) atoms. The standard InChI is InChI=1S/C23H24F3N3O3/c1-14-11-19(20(29-14)17-3-2-4-18(12-17)32-23(24,25)26)21(30)28-13-15-5-7-16(8-6-15)22-27-9-10-31-22/h2-4,9-12,15-16,29H,5-8,13H2,1H3,(H,28,30). The molecule has 0 radical (unpaired) electrons. The predicted molar refractivity (Wildman–Crippen MR) is 111 cm³/mol. The molecule has 1 saturated carbocycles. The minimum absolute atomic E-state index is 0.263. The summed E-state index contributed by atoms with van der Waals surface area (Å²) < 4.78 is 47.1. The lowest BCUT2D eigenvalue weighted by Crippen LogP contribution is -2.31. The Morgan fingerprint density at radius 1 is 1.25 bits per heavy atom. The number of amides is 1. The number of nitrogens with zero attached hydrogens (tertiary/aromatic N) is 1. The Balaban J connectivity index is 1.40. The van der Waals surface area contributed by atoms with Crippen molar-refractivity contribution in [2.45, 2.75) is 44.9 Å². The van der Waals surface area contributed by atoms with Gasteiger partial charge in [-0.2, -0.15) is 0 Å². The van der Waals surface area contributed by atoms with E-state index in [4.69, 9.17) is 4.42 Å². The Labute approximate surface area is 183 Å². The fourth-order valence-electron chi connectivity index (χ4n) is 4.23. The van der Waals surface area contributed by atoms with Gasteiger partial charge in [0.15, 0.2) is 5.89 Å². The average molecular weight is 447 g/mol. The number of carbonyl (C=O) groups is 1. The molecule has 1 aliphatic carbocycles. The number of ether oxygens (including phenoxy) is 1. The fraction of sp³-hybridized carbons (Fsp3) is 0.391. The number of hydrogen-bond donors (Lipinski definition) is 2. The van der Waals surface area contributed by atoms with Gasteiger partial charge in [0.05, 0.1) is 17.5 Å². The van der Waals surface area contributed by atoms with Gasteiger partial charge in [0.25, 0.3) is 5.91 Å². The second-order valence-electron chi connectivity index (χ2n) is 8.11. The van der Waals surface area contributed by atoms with Crippen LogP contribution in [0.15, 0.2) is 47.2 Å². The van der Waals surface area contributed by atoms with Crippen molar-refractivity contribution in [1.29, 1.82) is 0 Å². The molecule has 2 heterocycles. The summed E-state index contributed by atoms with van der Waals surface area (Å²) in [6, 6.07) is 7.28. The van der Waals surface area contributed by atoms with Crippen LogP contribution >= 0.6 is 0 Å². The Morgan fingerprint density at radius 2 is 2.03 bits per heavy atom. The second-order valence-corrected chi connectivity index (χ2v) is 8.11. The molecular formula is C23H24F3N3O3. The third kappa shape index (κ3) is 5.33. The molecule has 1 amide bonds. The van der Waals surface area contributed by atoms with Gasteiger partial charge >= 0.3 is 6.36 Å². The molecule has 3 aromatic rings. The lowest BCUT2D eigenvalue weighted by molar-refractivity contribution is -0.274. The minimum Gasteiger partial charge on any atom is -0.449 e. The fourth-order valence-corrected chi connectivity index (χ4v) is 4.23. The summed E-state index contributed by atoms with van der Waals surface area (Å²) in [5, 5.41) is 2.99. The number of halogens is 3. The first-order valence-electron chi connectivity index (χ1n) is 10.5. The summed E-state index contributed by atoms with van der Waals surface area (Å²) >= 11 is 0. The zero-order valence-corrected chi connectivity index (χ0v) is 17.5. The van der Waals surface area contributed by atoms with Crippen LogP contribution < -0.4 is 10.1 Å². The SMILES string of the molecule is Cc1cc(C(=O)NCC2CCC(c3ncco3)CC2)c(-c2cccc(OC(F)(F)F)c2)[nH]1. The smallest absolute Gasteiger partial charge is 0.449 e. The van der Waals surface area contributed by atoms with Crippen molar-refractivity contribution in [3.63, 3.8) is 0 Å². The van der Waals surface area contributed by atoms with Crippen LogP contribution in [0.25, 0.3) is 11.3 Å². The van der Waals surface area contributed by atoms with Crippen LogP contribution in [0, 0.1) is 12.8 Å². The molecular weight excluding hydrogens is 423 g/mol. The van der Waals surface area contributed by atoms with Gasteiger partial charge in [0, 0.05) is 23.7 Å². The summed E-state index contributed by atoms with van der Waals surface area (Å²) in [4.78, 5) is 20.2. The maximum absolute atomic E-state index is 12.9. The van der Waals surface area contributed by atoms with Gasteiger partial charge in [-0.05, 0) is 56.7 Å². The monoisotopic (exact) mass is 447 g/mol. The second kappa shape index (κ2) is 9.10. The van der Waals surface area contributed by atoms with Crippen LogP contribution in [0.5, 0.6) is 5.75 Å². The lowest BCUT2D eigenvalue weighted by atomic mass is 9.82. The molecule has 4 rings (SSSR count). The van der Waals surface area contributed by atoms with Crippen LogP contribution in [-0.4, -0.2) is 28.8 Å². The minimum atomic E-state index is -4.78. The van der Waals surface area contributed by atoms with E-state index in [9.17, 15) is 18.0 Å². The zero-order chi connectivity index (χ0) is 22.7. The number of benzene rings is 1. The van der Waals surface area contributed by atoms with E-state index >= 15 is 0 Å². The summed E-state index contributed by atoms with van der Waals surface area (Å²) in [6.07, 6.45) is 2.30. The largest absolute Gasteiger partial charge is 0.573 e. The molecule has 0 bridgehead atoms. The highest BCUT2D eigenvalue weighted by molar-refractivity contribution is 6.00. The van der Waals surface area contributed by atoms with Crippen molar-refractivity contribution in [2.75, 3.05) is 6.54 Å². The van der Waals surface area contributed by atoms with Crippen molar-refractivity contribution < 1.29 is 27.1 Å². The van der Waals surface area contributed by atoms with Crippen LogP contribution in [0.3, 0.4) is 0 Å². The summed E-state index contributed by atoms with van der Waals surface area (Å²) in [7, 11) is 0. The van der Waals surface area contributed by atoms with Gasteiger partial charge in [-0.1, -0.05) is 12.1 Å². The summed E-state index contributed by atoms with van der Waals surface area (Å²) in [5.41, 5.74) is 2.02. The number of alkyl halides is 3. The van der Waals surface area contributed by atoms with Gasteiger partial charge in [-0.3, -0.25) is 4.79 Å². The van der Waals surface area contributed by atoms with Crippen LogP contribution in [0.2, 0.25) is 0 Å². The van der Waals surface area contributed by atoms with Crippen molar-refractivity contribution in [3.05, 3.63) is 59.9 Å². The van der Waals surface area contributed by atoms with Crippen LogP contribution in [-0.2, 0) is 0 Å². The third-order valence-electron chi connectivity index (χ3n) is 5.75. The van der Waals surface area contributed by atoms with E-state index in [2.05, 4.69) is 20.0 Å². The summed E-state index contributed by atoms with van der Waals surface area (Å²) in [5.74, 6) is 0.855. The highest BCUT2D eigenvalue weighted by Crippen LogP contribution is 2.35. The van der Waals surface area contributed by atoms with E-state index in [1.807, 2.05) is 0 Å². The number of nitrogens with one attached hydrogen (secondary N) is 2. The predicted octanol–water partition coefficient (Wildman–Crippen LogP) is 5.58. The Hall–Kier alpha value is -3.23. The van der Waals surface area contributed by atoms with E-state index in [0.717, 1.165) is 37.3 Å². The van der Waals surface area contributed by atoms with Gasteiger partial charge in [-0.25, -0.2) is 4.98 Å². The molecule has 6 nitrogen and oxygen atoms in total. The first kappa shape index (κ1) is 22.0. The third-order valence-corrected chi connectivity index (χ3v) is 5.75. The molecule has 9 heteroatoms. The average Bonchev–Trinajstić information content (AvgIpc) is 3.41. The van der Waals surface area contributed by atoms with Crippen molar-refractivity contribution in [2.24, 2.45) is 5.92 Å². The molecule has 1 aliphatic rings. The lowest BCUT2D eigenvalue weighted by Gasteiger charge is -2.26. The van der Waals surface area contributed by atoms with E-state index < -0.39 is 6.36 Å². The Bertz CT molecular complexity index is 1050. The number of rotatable bonds is 6. The van der Waals surface area contributed by atoms with E-state index in [-0.39, 0.29) is 11.7 Å². The van der Waals surface area contributed by atoms with Gasteiger partial charge in [-0.15, -0.1) is 13.2 Å². The molecule has 0 atom stereocenters. The number of aromatic amines is 1. The number of H-pyrrole nitrogens is 1. The number of carbonyl (C=O) groups excluding carboxylic acids is 1. The molecule has 1 fully saturated rings.